The van der Waals surface area contributed by atoms with E-state index in [-0.39, 0.29) is 6.61 Å². The highest BCUT2D eigenvalue weighted by molar-refractivity contribution is 5.20. The van der Waals surface area contributed by atoms with Gasteiger partial charge in [0.15, 0.2) is 0 Å². The molecule has 0 aromatic rings. The molecule has 0 heterocycles. The predicted octanol–water partition coefficient (Wildman–Crippen LogP) is 1.64. The fraction of sp³-hybridized carbons (Fsp3) is 0.429. The Kier molecular flexibility index (Phi) is 2.48. The van der Waals surface area contributed by atoms with E-state index < -0.39 is 0 Å². The van der Waals surface area contributed by atoms with Crippen molar-refractivity contribution in [2.24, 2.45) is 0 Å². The van der Waals surface area contributed by atoms with E-state index in [0.717, 1.165) is 12.0 Å². The zero-order chi connectivity index (χ0) is 7.40. The molecule has 1 aliphatic rings. The topological polar surface area (TPSA) is 49.7 Å². The minimum Gasteiger partial charge on any atom is -0.512 e. The average molecular weight is 142 g/mol. The monoisotopic (exact) mass is 142 g/mol. The van der Waals surface area contributed by atoms with Crippen LogP contribution in [0.4, 0.5) is 0 Å². The van der Waals surface area contributed by atoms with Gasteiger partial charge in [-0.3, -0.25) is 5.26 Å². The van der Waals surface area contributed by atoms with Crippen LogP contribution >= 0.6 is 0 Å². The van der Waals surface area contributed by atoms with E-state index in [1.807, 2.05) is 0 Å². The van der Waals surface area contributed by atoms with Crippen molar-refractivity contribution in [1.29, 1.82) is 0 Å². The first-order chi connectivity index (χ1) is 4.83. The molecule has 0 spiro atoms. The molecule has 0 fully saturated rings. The summed E-state index contributed by atoms with van der Waals surface area (Å²) in [5.41, 5.74) is 1.00. The summed E-state index contributed by atoms with van der Waals surface area (Å²) >= 11 is 0. The van der Waals surface area contributed by atoms with Crippen LogP contribution in [0.5, 0.6) is 0 Å². The molecule has 0 bridgehead atoms. The maximum Gasteiger partial charge on any atom is 0.103 e. The maximum absolute atomic E-state index is 8.91. The molecule has 2 N–H and O–H groups in total. The summed E-state index contributed by atoms with van der Waals surface area (Å²) in [5, 5.41) is 17.0. The lowest BCUT2D eigenvalue weighted by Gasteiger charge is -2.08. The van der Waals surface area contributed by atoms with Crippen molar-refractivity contribution in [3.8, 4) is 0 Å². The Labute approximate surface area is 59.2 Å². The molecule has 3 heteroatoms. The van der Waals surface area contributed by atoms with E-state index in [0.29, 0.717) is 12.2 Å². The van der Waals surface area contributed by atoms with Crippen LogP contribution in [-0.2, 0) is 4.89 Å². The van der Waals surface area contributed by atoms with E-state index in [1.54, 1.807) is 12.2 Å². The molecule has 0 saturated carbocycles. The van der Waals surface area contributed by atoms with Crippen molar-refractivity contribution in [2.45, 2.75) is 12.8 Å². The second-order valence-electron chi connectivity index (χ2n) is 2.26. The zero-order valence-corrected chi connectivity index (χ0v) is 5.58. The van der Waals surface area contributed by atoms with Crippen molar-refractivity contribution in [2.75, 3.05) is 6.61 Å². The molecule has 56 valence electrons. The summed E-state index contributed by atoms with van der Waals surface area (Å²) in [4.78, 5) is 3.94. The SMILES string of the molecule is OOCC1=CC=C(O)CC1. The number of hydrogen-bond acceptors (Lipinski definition) is 3. The van der Waals surface area contributed by atoms with Crippen molar-refractivity contribution >= 4 is 0 Å². The van der Waals surface area contributed by atoms with Crippen molar-refractivity contribution in [3.63, 3.8) is 0 Å². The van der Waals surface area contributed by atoms with E-state index in [1.165, 1.54) is 0 Å². The fourth-order valence-corrected chi connectivity index (χ4v) is 0.873. The number of aliphatic hydroxyl groups excluding tert-OH is 1. The quantitative estimate of drug-likeness (QED) is 0.455. The molecule has 0 saturated heterocycles. The largest absolute Gasteiger partial charge is 0.512 e. The molecule has 0 amide bonds. The number of aliphatic hydroxyl groups is 1. The highest BCUT2D eigenvalue weighted by Crippen LogP contribution is 2.15. The zero-order valence-electron chi connectivity index (χ0n) is 5.58. The number of hydrogen-bond donors (Lipinski definition) is 2. The van der Waals surface area contributed by atoms with E-state index in [4.69, 9.17) is 10.4 Å². The summed E-state index contributed by atoms with van der Waals surface area (Å²) in [6, 6.07) is 0. The van der Waals surface area contributed by atoms with Gasteiger partial charge in [0.1, 0.15) is 6.61 Å². The molecular formula is C7H10O3. The van der Waals surface area contributed by atoms with Gasteiger partial charge < -0.3 is 5.11 Å². The Morgan fingerprint density at radius 1 is 1.40 bits per heavy atom. The van der Waals surface area contributed by atoms with Crippen LogP contribution in [0.1, 0.15) is 12.8 Å². The highest BCUT2D eigenvalue weighted by Gasteiger charge is 2.03. The lowest BCUT2D eigenvalue weighted by molar-refractivity contribution is -0.234. The molecule has 3 nitrogen and oxygen atoms in total. The smallest absolute Gasteiger partial charge is 0.103 e. The third-order valence-electron chi connectivity index (χ3n) is 1.46. The van der Waals surface area contributed by atoms with E-state index >= 15 is 0 Å². The molecule has 0 aromatic heterocycles. The van der Waals surface area contributed by atoms with Gasteiger partial charge in [-0.2, -0.15) is 0 Å². The highest BCUT2D eigenvalue weighted by atomic mass is 17.1. The summed E-state index contributed by atoms with van der Waals surface area (Å²) < 4.78 is 0. The molecule has 1 aliphatic carbocycles. The fourth-order valence-electron chi connectivity index (χ4n) is 0.873. The van der Waals surface area contributed by atoms with Crippen LogP contribution in [0.3, 0.4) is 0 Å². The van der Waals surface area contributed by atoms with Gasteiger partial charge in [-0.1, -0.05) is 6.08 Å². The van der Waals surface area contributed by atoms with Crippen LogP contribution in [-0.4, -0.2) is 17.0 Å². The molecular weight excluding hydrogens is 132 g/mol. The molecule has 0 unspecified atom stereocenters. The predicted molar refractivity (Wildman–Crippen MR) is 36.6 cm³/mol. The average Bonchev–Trinajstić information content (AvgIpc) is 1.95. The van der Waals surface area contributed by atoms with Crippen molar-refractivity contribution in [1.82, 2.24) is 0 Å². The third kappa shape index (κ3) is 1.86. The Morgan fingerprint density at radius 2 is 2.20 bits per heavy atom. The number of allylic oxidation sites excluding steroid dienone is 3. The first-order valence-corrected chi connectivity index (χ1v) is 3.17. The first-order valence-electron chi connectivity index (χ1n) is 3.17. The Balaban J connectivity index is 2.47. The summed E-state index contributed by atoms with van der Waals surface area (Å²) in [7, 11) is 0. The van der Waals surface area contributed by atoms with Gasteiger partial charge in [0.25, 0.3) is 0 Å². The standard InChI is InChI=1S/C7H10O3/c8-7-3-1-6(2-4-7)5-10-9/h1,3,8-9H,2,4-5H2. The summed E-state index contributed by atoms with van der Waals surface area (Å²) in [6.45, 7) is 0.240. The molecule has 1 rings (SSSR count). The van der Waals surface area contributed by atoms with Crippen molar-refractivity contribution in [3.05, 3.63) is 23.5 Å². The van der Waals surface area contributed by atoms with Gasteiger partial charge in [0, 0.05) is 6.42 Å². The minimum atomic E-state index is 0.240. The molecule has 10 heavy (non-hydrogen) atoms. The van der Waals surface area contributed by atoms with Gasteiger partial charge in [-0.15, -0.1) is 0 Å². The normalized spacial score (nSPS) is 18.1. The summed E-state index contributed by atoms with van der Waals surface area (Å²) in [5.74, 6) is 0.390. The van der Waals surface area contributed by atoms with Crippen LogP contribution in [0.2, 0.25) is 0 Å². The van der Waals surface area contributed by atoms with Crippen LogP contribution in [0, 0.1) is 0 Å². The third-order valence-corrected chi connectivity index (χ3v) is 1.46. The lowest BCUT2D eigenvalue weighted by Crippen LogP contribution is -1.99. The molecule has 0 atom stereocenters. The van der Waals surface area contributed by atoms with Gasteiger partial charge in [0.05, 0.1) is 5.76 Å². The van der Waals surface area contributed by atoms with Crippen LogP contribution < -0.4 is 0 Å². The molecule has 0 radical (unpaired) electrons. The van der Waals surface area contributed by atoms with Crippen molar-refractivity contribution < 1.29 is 15.3 Å². The minimum absolute atomic E-state index is 0.240. The van der Waals surface area contributed by atoms with E-state index in [2.05, 4.69) is 4.89 Å². The second-order valence-corrected chi connectivity index (χ2v) is 2.26. The molecule has 0 aromatic carbocycles. The number of rotatable bonds is 2. The van der Waals surface area contributed by atoms with Crippen LogP contribution in [0.25, 0.3) is 0 Å². The Morgan fingerprint density at radius 3 is 2.70 bits per heavy atom. The van der Waals surface area contributed by atoms with Gasteiger partial charge in [-0.05, 0) is 18.1 Å². The first kappa shape index (κ1) is 7.31. The van der Waals surface area contributed by atoms with Gasteiger partial charge in [0.2, 0.25) is 0 Å². The molecule has 0 aliphatic heterocycles. The lowest BCUT2D eigenvalue weighted by atomic mass is 10.1. The maximum atomic E-state index is 8.91. The van der Waals surface area contributed by atoms with E-state index in [9.17, 15) is 0 Å². The van der Waals surface area contributed by atoms with Gasteiger partial charge >= 0.3 is 0 Å². The Hall–Kier alpha value is -0.800. The second kappa shape index (κ2) is 3.39. The van der Waals surface area contributed by atoms with Crippen LogP contribution in [0.15, 0.2) is 23.5 Å². The Bertz CT molecular complexity index is 166. The van der Waals surface area contributed by atoms with Gasteiger partial charge in [-0.25, -0.2) is 4.89 Å². The summed E-state index contributed by atoms with van der Waals surface area (Å²) in [6.07, 6.45) is 4.80.